The molecule has 39 heavy (non-hydrogen) atoms. The van der Waals surface area contributed by atoms with Crippen molar-refractivity contribution in [3.05, 3.63) is 77.6 Å². The normalized spacial score (nSPS) is 13.5. The van der Waals surface area contributed by atoms with Crippen molar-refractivity contribution in [2.45, 2.75) is 13.1 Å². The van der Waals surface area contributed by atoms with E-state index in [2.05, 4.69) is 39.0 Å². The molecule has 0 amide bonds. The van der Waals surface area contributed by atoms with E-state index >= 15 is 0 Å². The minimum atomic E-state index is 0.612. The smallest absolute Gasteiger partial charge is 0.232 e. The number of benzene rings is 2. The highest BCUT2D eigenvalue weighted by molar-refractivity contribution is 7.13. The number of thiazole rings is 1. The highest BCUT2D eigenvalue weighted by atomic mass is 32.1. The van der Waals surface area contributed by atoms with Gasteiger partial charge in [0, 0.05) is 32.4 Å². The van der Waals surface area contributed by atoms with Gasteiger partial charge in [0.1, 0.15) is 11.5 Å². The second-order valence-electron chi connectivity index (χ2n) is 9.13. The number of anilines is 2. The number of nitrogens with zero attached hydrogens (tertiary/aromatic N) is 7. The third kappa shape index (κ3) is 5.36. The Labute approximate surface area is 230 Å². The molecule has 0 bridgehead atoms. The van der Waals surface area contributed by atoms with E-state index in [1.54, 1.807) is 25.6 Å². The van der Waals surface area contributed by atoms with E-state index in [-0.39, 0.29) is 0 Å². The molecule has 0 N–H and O–H groups in total. The molecule has 0 saturated carbocycles. The van der Waals surface area contributed by atoms with Crippen LogP contribution in [0.2, 0.25) is 0 Å². The van der Waals surface area contributed by atoms with E-state index in [4.69, 9.17) is 29.3 Å². The summed E-state index contributed by atoms with van der Waals surface area (Å²) in [6, 6.07) is 16.2. The molecule has 0 spiro atoms. The Morgan fingerprint density at radius 3 is 2.08 bits per heavy atom. The number of hydrogen-bond acceptors (Lipinski definition) is 10. The third-order valence-corrected chi connectivity index (χ3v) is 7.49. The molecule has 0 aliphatic carbocycles. The first-order valence-corrected chi connectivity index (χ1v) is 13.6. The number of rotatable bonds is 9. The summed E-state index contributed by atoms with van der Waals surface area (Å²) < 4.78 is 18.2. The van der Waals surface area contributed by atoms with E-state index in [1.807, 2.05) is 46.7 Å². The van der Waals surface area contributed by atoms with Crippen molar-refractivity contribution >= 4 is 28.9 Å². The molecule has 200 valence electrons. The molecule has 0 unspecified atom stereocenters. The number of methoxy groups -OCH3 is 2. The zero-order chi connectivity index (χ0) is 26.6. The molecule has 0 atom stereocenters. The largest absolute Gasteiger partial charge is 0.497 e. The molecule has 1 fully saturated rings. The molecule has 2 aromatic carbocycles. The summed E-state index contributed by atoms with van der Waals surface area (Å²) in [4.78, 5) is 19.8. The van der Waals surface area contributed by atoms with Crippen LogP contribution in [0.15, 0.2) is 66.4 Å². The first kappa shape index (κ1) is 25.1. The Bertz CT molecular complexity index is 1470. The van der Waals surface area contributed by atoms with E-state index in [0.29, 0.717) is 38.2 Å². The molecular formula is C28H29N7O3S. The molecule has 11 heteroatoms. The van der Waals surface area contributed by atoms with Crippen LogP contribution in [0.5, 0.6) is 11.5 Å². The monoisotopic (exact) mass is 543 g/mol. The SMILES string of the molecule is COc1ccc(CN(Cc2ccc(OC)cc2)c2nc(N3CCOCC3)nc3c(-c4cncs4)cnn23)cc1. The molecule has 4 heterocycles. The van der Waals surface area contributed by atoms with Crippen LogP contribution in [0, 0.1) is 0 Å². The van der Waals surface area contributed by atoms with Crippen molar-refractivity contribution < 1.29 is 14.2 Å². The standard InChI is InChI=1S/C28H29N7O3S/c1-36-22-7-3-20(4-8-22)17-34(18-21-5-9-23(37-2)10-6-21)28-32-27(33-11-13-38-14-12-33)31-26-24(15-30-35(26)28)25-16-29-19-39-25/h3-10,15-16,19H,11-14,17-18H2,1-2H3. The fraction of sp³-hybridized carbons (Fsp3) is 0.286. The van der Waals surface area contributed by atoms with Gasteiger partial charge in [0.25, 0.3) is 0 Å². The maximum atomic E-state index is 5.60. The second kappa shape index (κ2) is 11.3. The van der Waals surface area contributed by atoms with Gasteiger partial charge < -0.3 is 24.0 Å². The number of ether oxygens (including phenoxy) is 3. The van der Waals surface area contributed by atoms with Crippen molar-refractivity contribution in [3.63, 3.8) is 0 Å². The van der Waals surface area contributed by atoms with Crippen LogP contribution in [0.25, 0.3) is 16.1 Å². The zero-order valence-electron chi connectivity index (χ0n) is 21.9. The summed E-state index contributed by atoms with van der Waals surface area (Å²) in [5, 5.41) is 4.77. The maximum absolute atomic E-state index is 5.60. The second-order valence-corrected chi connectivity index (χ2v) is 10.0. The van der Waals surface area contributed by atoms with Gasteiger partial charge >= 0.3 is 0 Å². The van der Waals surface area contributed by atoms with Crippen molar-refractivity contribution in [2.24, 2.45) is 0 Å². The van der Waals surface area contributed by atoms with Crippen molar-refractivity contribution in [1.82, 2.24) is 24.6 Å². The summed E-state index contributed by atoms with van der Waals surface area (Å²) in [6.07, 6.45) is 3.70. The lowest BCUT2D eigenvalue weighted by molar-refractivity contribution is 0.122. The van der Waals surface area contributed by atoms with Gasteiger partial charge in [-0.3, -0.25) is 4.98 Å². The topological polar surface area (TPSA) is 90.1 Å². The Morgan fingerprint density at radius 1 is 0.872 bits per heavy atom. The maximum Gasteiger partial charge on any atom is 0.232 e. The van der Waals surface area contributed by atoms with Crippen LogP contribution in [-0.4, -0.2) is 65.1 Å². The van der Waals surface area contributed by atoms with Crippen LogP contribution >= 0.6 is 11.3 Å². The molecule has 1 saturated heterocycles. The fourth-order valence-electron chi connectivity index (χ4n) is 4.58. The lowest BCUT2D eigenvalue weighted by Gasteiger charge is -2.29. The highest BCUT2D eigenvalue weighted by Gasteiger charge is 2.23. The first-order chi connectivity index (χ1) is 19.2. The molecule has 1 aliphatic heterocycles. The predicted octanol–water partition coefficient (Wildman–Crippen LogP) is 4.31. The average Bonchev–Trinajstić information content (AvgIpc) is 3.68. The van der Waals surface area contributed by atoms with Gasteiger partial charge in [-0.1, -0.05) is 24.3 Å². The summed E-state index contributed by atoms with van der Waals surface area (Å²) in [5.74, 6) is 3.02. The van der Waals surface area contributed by atoms with Crippen LogP contribution in [0.4, 0.5) is 11.9 Å². The average molecular weight is 544 g/mol. The van der Waals surface area contributed by atoms with Crippen LogP contribution in [0.3, 0.4) is 0 Å². The number of morpholine rings is 1. The van der Waals surface area contributed by atoms with Gasteiger partial charge in [-0.2, -0.15) is 19.6 Å². The lowest BCUT2D eigenvalue weighted by atomic mass is 10.1. The summed E-state index contributed by atoms with van der Waals surface area (Å²) in [7, 11) is 3.35. The van der Waals surface area contributed by atoms with E-state index in [1.165, 1.54) is 0 Å². The molecule has 0 radical (unpaired) electrons. The molecular weight excluding hydrogens is 514 g/mol. The Kier molecular flexibility index (Phi) is 7.24. The van der Waals surface area contributed by atoms with Gasteiger partial charge in [0.15, 0.2) is 5.65 Å². The van der Waals surface area contributed by atoms with Gasteiger partial charge in [0.2, 0.25) is 11.9 Å². The number of fused-ring (bicyclic) bond motifs is 1. The van der Waals surface area contributed by atoms with Crippen molar-refractivity contribution in [2.75, 3.05) is 50.3 Å². The van der Waals surface area contributed by atoms with Crippen LogP contribution in [0.1, 0.15) is 11.1 Å². The van der Waals surface area contributed by atoms with Crippen molar-refractivity contribution in [3.8, 4) is 21.9 Å². The van der Waals surface area contributed by atoms with E-state index in [0.717, 1.165) is 51.8 Å². The summed E-state index contributed by atoms with van der Waals surface area (Å²) in [5.41, 5.74) is 5.76. The summed E-state index contributed by atoms with van der Waals surface area (Å²) in [6.45, 7) is 3.98. The minimum Gasteiger partial charge on any atom is -0.497 e. The van der Waals surface area contributed by atoms with Gasteiger partial charge in [0.05, 0.1) is 49.6 Å². The van der Waals surface area contributed by atoms with Crippen molar-refractivity contribution in [1.29, 1.82) is 0 Å². The number of aromatic nitrogens is 5. The fourth-order valence-corrected chi connectivity index (χ4v) is 5.21. The predicted molar refractivity (Wildman–Crippen MR) is 151 cm³/mol. The zero-order valence-corrected chi connectivity index (χ0v) is 22.7. The van der Waals surface area contributed by atoms with E-state index < -0.39 is 0 Å². The Balaban J connectivity index is 1.47. The molecule has 5 aromatic rings. The van der Waals surface area contributed by atoms with Crippen LogP contribution < -0.4 is 19.3 Å². The van der Waals surface area contributed by atoms with Gasteiger partial charge in [-0.15, -0.1) is 11.3 Å². The summed E-state index contributed by atoms with van der Waals surface area (Å²) >= 11 is 1.57. The minimum absolute atomic E-state index is 0.612. The van der Waals surface area contributed by atoms with Gasteiger partial charge in [-0.25, -0.2) is 0 Å². The third-order valence-electron chi connectivity index (χ3n) is 6.68. The highest BCUT2D eigenvalue weighted by Crippen LogP contribution is 2.31. The quantitative estimate of drug-likeness (QED) is 0.270. The number of hydrogen-bond donors (Lipinski definition) is 0. The Hall–Kier alpha value is -4.22. The Morgan fingerprint density at radius 2 is 1.51 bits per heavy atom. The molecule has 3 aromatic heterocycles. The van der Waals surface area contributed by atoms with Gasteiger partial charge in [-0.05, 0) is 35.4 Å². The van der Waals surface area contributed by atoms with E-state index in [9.17, 15) is 0 Å². The van der Waals surface area contributed by atoms with Crippen LogP contribution in [-0.2, 0) is 17.8 Å². The first-order valence-electron chi connectivity index (χ1n) is 12.7. The molecule has 1 aliphatic rings. The molecule has 6 rings (SSSR count). The molecule has 10 nitrogen and oxygen atoms in total. The lowest BCUT2D eigenvalue weighted by Crippen LogP contribution is -2.38.